The van der Waals surface area contributed by atoms with Crippen LogP contribution in [0, 0.1) is 6.92 Å². The minimum Gasteiger partial charge on any atom is -0.475 e. The van der Waals surface area contributed by atoms with E-state index < -0.39 is 0 Å². The Balaban J connectivity index is 1.59. The van der Waals surface area contributed by atoms with E-state index in [4.69, 9.17) is 4.74 Å². The third-order valence-electron chi connectivity index (χ3n) is 3.82. The fourth-order valence-electron chi connectivity index (χ4n) is 2.50. The molecule has 2 nitrogen and oxygen atoms in total. The lowest BCUT2D eigenvalue weighted by Gasteiger charge is -2.21. The summed E-state index contributed by atoms with van der Waals surface area (Å²) in [5.41, 5.74) is 2.96. The predicted octanol–water partition coefficient (Wildman–Crippen LogP) is 5.37. The van der Waals surface area contributed by atoms with E-state index in [9.17, 15) is 5.11 Å². The third-order valence-corrected chi connectivity index (χ3v) is 4.85. The molecule has 0 saturated heterocycles. The van der Waals surface area contributed by atoms with Crippen LogP contribution in [0.4, 0.5) is 0 Å². The molecule has 1 heterocycles. The maximum Gasteiger partial charge on any atom is 0.182 e. The van der Waals surface area contributed by atoms with Crippen molar-refractivity contribution in [2.45, 2.75) is 18.8 Å². The number of aryl methyl sites for hydroxylation is 1. The molecule has 0 bridgehead atoms. The van der Waals surface area contributed by atoms with Gasteiger partial charge in [0.1, 0.15) is 5.76 Å². The van der Waals surface area contributed by atoms with Gasteiger partial charge in [0.25, 0.3) is 0 Å². The zero-order valence-electron chi connectivity index (χ0n) is 13.1. The maximum atomic E-state index is 11.8. The molecule has 1 atom stereocenters. The Labute approximate surface area is 141 Å². The molecular formula is C20H19O2S. The molecule has 3 rings (SSSR count). The molecule has 0 saturated carbocycles. The summed E-state index contributed by atoms with van der Waals surface area (Å²) in [6, 6.07) is 15.8. The Bertz CT molecular complexity index is 720. The van der Waals surface area contributed by atoms with Crippen LogP contribution in [-0.2, 0) is 16.3 Å². The molecule has 1 aliphatic heterocycles. The summed E-state index contributed by atoms with van der Waals surface area (Å²) in [5, 5.41) is 11.8. The van der Waals surface area contributed by atoms with Crippen molar-refractivity contribution in [3.63, 3.8) is 0 Å². The highest BCUT2D eigenvalue weighted by molar-refractivity contribution is 7.99. The first-order valence-electron chi connectivity index (χ1n) is 7.72. The molecule has 0 amide bonds. The summed E-state index contributed by atoms with van der Waals surface area (Å²) < 4.78 is 6.04. The third kappa shape index (κ3) is 3.99. The summed E-state index contributed by atoms with van der Waals surface area (Å²) in [5.74, 6) is 1.82. The zero-order valence-corrected chi connectivity index (χ0v) is 13.9. The standard InChI is InChI=1S/C20H19O2S/c1-15-17(9-5-10-18(15)21)19-11-6-12-20(22-19)23-14-13-16-7-3-2-4-8-16/h2-12,20H,13-14H2,1H3. The van der Waals surface area contributed by atoms with Crippen molar-refractivity contribution >= 4 is 17.5 Å². The van der Waals surface area contributed by atoms with Crippen molar-refractivity contribution in [3.05, 3.63) is 83.4 Å². The van der Waals surface area contributed by atoms with Gasteiger partial charge in [-0.1, -0.05) is 48.5 Å². The lowest BCUT2D eigenvalue weighted by atomic mass is 10.1. The van der Waals surface area contributed by atoms with Gasteiger partial charge in [0.15, 0.2) is 11.2 Å². The molecule has 1 aliphatic rings. The van der Waals surface area contributed by atoms with Crippen molar-refractivity contribution in [2.75, 3.05) is 5.75 Å². The highest BCUT2D eigenvalue weighted by Crippen LogP contribution is 2.32. The van der Waals surface area contributed by atoms with Gasteiger partial charge in [-0.05, 0) is 37.1 Å². The van der Waals surface area contributed by atoms with E-state index in [0.29, 0.717) is 0 Å². The first-order chi connectivity index (χ1) is 11.2. The van der Waals surface area contributed by atoms with E-state index in [1.54, 1.807) is 23.9 Å². The van der Waals surface area contributed by atoms with Crippen molar-refractivity contribution < 1.29 is 9.84 Å². The number of rotatable bonds is 5. The van der Waals surface area contributed by atoms with Crippen LogP contribution in [0.1, 0.15) is 16.7 Å². The van der Waals surface area contributed by atoms with Gasteiger partial charge < -0.3 is 4.74 Å². The van der Waals surface area contributed by atoms with Gasteiger partial charge in [-0.15, -0.1) is 11.8 Å². The van der Waals surface area contributed by atoms with Crippen LogP contribution in [0.5, 0.6) is 5.75 Å². The highest BCUT2D eigenvalue weighted by atomic mass is 32.2. The molecule has 117 valence electrons. The summed E-state index contributed by atoms with van der Waals surface area (Å²) in [6.45, 7) is 1.84. The Morgan fingerprint density at radius 2 is 1.91 bits per heavy atom. The molecular weight excluding hydrogens is 304 g/mol. The predicted molar refractivity (Wildman–Crippen MR) is 95.9 cm³/mol. The zero-order chi connectivity index (χ0) is 16.1. The fraction of sp³-hybridized carbons (Fsp3) is 0.200. The molecule has 1 radical (unpaired) electrons. The first kappa shape index (κ1) is 15.8. The molecule has 0 fully saturated rings. The molecule has 0 N–H and O–H groups in total. The summed E-state index contributed by atoms with van der Waals surface area (Å²) in [7, 11) is 0. The van der Waals surface area contributed by atoms with E-state index >= 15 is 0 Å². The van der Waals surface area contributed by atoms with E-state index in [2.05, 4.69) is 30.3 Å². The average Bonchev–Trinajstić information content (AvgIpc) is 2.59. The normalized spacial score (nSPS) is 16.7. The maximum absolute atomic E-state index is 11.8. The van der Waals surface area contributed by atoms with Gasteiger partial charge in [0.05, 0.1) is 0 Å². The molecule has 23 heavy (non-hydrogen) atoms. The van der Waals surface area contributed by atoms with Gasteiger partial charge in [-0.2, -0.15) is 0 Å². The monoisotopic (exact) mass is 323 g/mol. The van der Waals surface area contributed by atoms with Crippen LogP contribution in [-0.4, -0.2) is 11.2 Å². The van der Waals surface area contributed by atoms with Crippen LogP contribution < -0.4 is 0 Å². The van der Waals surface area contributed by atoms with E-state index in [1.807, 2.05) is 31.2 Å². The van der Waals surface area contributed by atoms with Gasteiger partial charge in [0.2, 0.25) is 0 Å². The topological polar surface area (TPSA) is 29.1 Å². The second-order valence-electron chi connectivity index (χ2n) is 5.44. The van der Waals surface area contributed by atoms with Crippen molar-refractivity contribution in [1.82, 2.24) is 0 Å². The largest absolute Gasteiger partial charge is 0.475 e. The van der Waals surface area contributed by atoms with Crippen LogP contribution in [0.3, 0.4) is 0 Å². The van der Waals surface area contributed by atoms with Crippen LogP contribution in [0.15, 0.2) is 66.8 Å². The second kappa shape index (κ2) is 7.42. The molecule has 2 aromatic carbocycles. The molecule has 0 aliphatic carbocycles. The van der Waals surface area contributed by atoms with Gasteiger partial charge in [-0.25, -0.2) is 0 Å². The number of benzene rings is 2. The van der Waals surface area contributed by atoms with Crippen molar-refractivity contribution in [2.24, 2.45) is 0 Å². The van der Waals surface area contributed by atoms with E-state index in [0.717, 1.165) is 29.1 Å². The quantitative estimate of drug-likeness (QED) is 0.740. The van der Waals surface area contributed by atoms with E-state index in [-0.39, 0.29) is 11.2 Å². The average molecular weight is 323 g/mol. The number of allylic oxidation sites excluding steroid dienone is 2. The van der Waals surface area contributed by atoms with Crippen LogP contribution >= 0.6 is 11.8 Å². The van der Waals surface area contributed by atoms with E-state index in [1.165, 1.54) is 5.56 Å². The smallest absolute Gasteiger partial charge is 0.182 e. The van der Waals surface area contributed by atoms with Gasteiger partial charge >= 0.3 is 0 Å². The summed E-state index contributed by atoms with van der Waals surface area (Å²) >= 11 is 1.77. The Hall–Kier alpha value is -2.13. The number of hydrogen-bond acceptors (Lipinski definition) is 2. The lowest BCUT2D eigenvalue weighted by Crippen LogP contribution is -2.09. The molecule has 0 aromatic heterocycles. The number of thioether (sulfide) groups is 1. The van der Waals surface area contributed by atoms with Crippen molar-refractivity contribution in [1.29, 1.82) is 0 Å². The second-order valence-corrected chi connectivity index (χ2v) is 6.64. The summed E-state index contributed by atoms with van der Waals surface area (Å²) in [6.07, 6.45) is 7.01. The Morgan fingerprint density at radius 3 is 2.74 bits per heavy atom. The summed E-state index contributed by atoms with van der Waals surface area (Å²) in [4.78, 5) is 0. The molecule has 0 spiro atoms. The molecule has 3 heteroatoms. The minimum absolute atomic E-state index is 0.00609. The van der Waals surface area contributed by atoms with Crippen LogP contribution in [0.2, 0.25) is 0 Å². The fourth-order valence-corrected chi connectivity index (χ4v) is 3.46. The molecule has 1 unspecified atom stereocenters. The van der Waals surface area contributed by atoms with Crippen molar-refractivity contribution in [3.8, 4) is 5.75 Å². The Kier molecular flexibility index (Phi) is 5.09. The number of ether oxygens (including phenoxy) is 1. The highest BCUT2D eigenvalue weighted by Gasteiger charge is 2.16. The number of hydrogen-bond donors (Lipinski definition) is 0. The SMILES string of the molecule is Cc1c([O])cccc1C1=CC=CC(SCCc2ccccc2)O1. The minimum atomic E-state index is -0.00609. The van der Waals surface area contributed by atoms with Crippen LogP contribution in [0.25, 0.3) is 5.76 Å². The first-order valence-corrected chi connectivity index (χ1v) is 8.76. The molecule has 2 aromatic rings. The van der Waals surface area contributed by atoms with Gasteiger partial charge in [0, 0.05) is 16.9 Å². The Morgan fingerprint density at radius 1 is 1.09 bits per heavy atom. The van der Waals surface area contributed by atoms with Gasteiger partial charge in [-0.3, -0.25) is 5.11 Å². The lowest BCUT2D eigenvalue weighted by molar-refractivity contribution is 0.285.